The molecule has 0 aliphatic heterocycles. The van der Waals surface area contributed by atoms with Crippen molar-refractivity contribution in [2.75, 3.05) is 17.7 Å². The molecule has 10 heteroatoms. The summed E-state index contributed by atoms with van der Waals surface area (Å²) in [6, 6.07) is 23.6. The van der Waals surface area contributed by atoms with E-state index in [2.05, 4.69) is 36.7 Å². The molecule has 0 bridgehead atoms. The molecule has 3 aromatic carbocycles. The summed E-state index contributed by atoms with van der Waals surface area (Å²) in [7, 11) is 1.37. The van der Waals surface area contributed by atoms with Gasteiger partial charge in [-0.05, 0) is 91.5 Å². The second-order valence-corrected chi connectivity index (χ2v) is 16.2. The number of nitrogens with one attached hydrogen (secondary N) is 3. The van der Waals surface area contributed by atoms with Crippen molar-refractivity contribution in [2.24, 2.45) is 11.3 Å². The molecule has 3 amide bonds. The predicted molar refractivity (Wildman–Crippen MR) is 207 cm³/mol. The van der Waals surface area contributed by atoms with Crippen LogP contribution >= 0.6 is 23.1 Å². The maximum Gasteiger partial charge on any atom is 0.341 e. The van der Waals surface area contributed by atoms with E-state index >= 15 is 0 Å². The Kier molecular flexibility index (Phi) is 12.2. The van der Waals surface area contributed by atoms with Crippen LogP contribution in [0.4, 0.5) is 10.7 Å². The van der Waals surface area contributed by atoms with Crippen molar-refractivity contribution in [3.8, 4) is 0 Å². The normalized spacial score (nSPS) is 14.9. The first-order valence-electron chi connectivity index (χ1n) is 17.1. The largest absolute Gasteiger partial charge is 0.465 e. The second kappa shape index (κ2) is 16.6. The van der Waals surface area contributed by atoms with Gasteiger partial charge in [-0.3, -0.25) is 14.4 Å². The van der Waals surface area contributed by atoms with Crippen molar-refractivity contribution in [3.05, 3.63) is 117 Å². The van der Waals surface area contributed by atoms with E-state index in [0.717, 1.165) is 45.7 Å². The number of anilines is 2. The van der Waals surface area contributed by atoms with Crippen LogP contribution in [0.2, 0.25) is 0 Å². The van der Waals surface area contributed by atoms with Gasteiger partial charge in [0, 0.05) is 21.0 Å². The van der Waals surface area contributed by atoms with E-state index in [4.69, 9.17) is 4.74 Å². The molecule has 0 saturated heterocycles. The summed E-state index contributed by atoms with van der Waals surface area (Å²) < 4.78 is 5.15. The average molecular weight is 724 g/mol. The van der Waals surface area contributed by atoms with Gasteiger partial charge in [0.25, 0.3) is 11.8 Å². The molecule has 1 heterocycles. The molecule has 5 rings (SSSR count). The molecule has 2 atom stereocenters. The topological polar surface area (TPSA) is 114 Å². The number of carbonyl (C=O) groups is 4. The highest BCUT2D eigenvalue weighted by Gasteiger charge is 2.35. The molecule has 3 N–H and O–H groups in total. The Morgan fingerprint density at radius 1 is 0.980 bits per heavy atom. The number of fused-ring (bicyclic) bond motifs is 1. The van der Waals surface area contributed by atoms with E-state index in [1.807, 2.05) is 56.3 Å². The average Bonchev–Trinajstić information content (AvgIpc) is 3.47. The maximum atomic E-state index is 13.7. The molecule has 2 unspecified atom stereocenters. The predicted octanol–water partition coefficient (Wildman–Crippen LogP) is 8.91. The van der Waals surface area contributed by atoms with Crippen LogP contribution in [0.25, 0.3) is 6.08 Å². The standard InChI is InChI=1S/C41H45N3O5S2/c1-7-33(38(47)44-39-35(40(48)49-6)31-20-19-28(41(3,4)5)23-34(31)51-39)50-30-18-12-17-29(24-30)42-37(46)32(22-26-14-11-13-25(2)21-26)43-36(45)27-15-9-8-10-16-27/h8-18,21-22,24,28,33H,7,19-20,23H2,1-6H3,(H,42,46)(H,43,45)(H,44,47)/b32-22+. The van der Waals surface area contributed by atoms with Crippen LogP contribution in [-0.4, -0.2) is 36.1 Å². The van der Waals surface area contributed by atoms with Gasteiger partial charge in [0.15, 0.2) is 0 Å². The summed E-state index contributed by atoms with van der Waals surface area (Å²) in [5.74, 6) is -1.05. The zero-order valence-corrected chi connectivity index (χ0v) is 31.6. The van der Waals surface area contributed by atoms with E-state index in [1.54, 1.807) is 42.5 Å². The van der Waals surface area contributed by atoms with Crippen LogP contribution in [0.15, 0.2) is 89.5 Å². The first-order chi connectivity index (χ1) is 24.4. The summed E-state index contributed by atoms with van der Waals surface area (Å²) >= 11 is 2.86. The Morgan fingerprint density at radius 3 is 2.41 bits per heavy atom. The number of amides is 3. The highest BCUT2D eigenvalue weighted by atomic mass is 32.2. The molecule has 4 aromatic rings. The summed E-state index contributed by atoms with van der Waals surface area (Å²) in [5, 5.41) is 8.84. The van der Waals surface area contributed by atoms with Gasteiger partial charge in [0.2, 0.25) is 5.91 Å². The van der Waals surface area contributed by atoms with Crippen molar-refractivity contribution >= 4 is 63.6 Å². The Hall–Kier alpha value is -4.67. The fourth-order valence-corrected chi connectivity index (χ4v) is 8.46. The fourth-order valence-electron chi connectivity index (χ4n) is 6.12. The molecule has 0 spiro atoms. The minimum absolute atomic E-state index is 0.0900. The lowest BCUT2D eigenvalue weighted by molar-refractivity contribution is -0.116. The first-order valence-corrected chi connectivity index (χ1v) is 18.8. The summed E-state index contributed by atoms with van der Waals surface area (Å²) in [5.41, 5.74) is 4.42. The third-order valence-electron chi connectivity index (χ3n) is 9.03. The van der Waals surface area contributed by atoms with Gasteiger partial charge >= 0.3 is 5.97 Å². The quantitative estimate of drug-likeness (QED) is 0.0810. The number of hydrogen-bond acceptors (Lipinski definition) is 7. The van der Waals surface area contributed by atoms with Gasteiger partial charge in [0.1, 0.15) is 10.7 Å². The number of esters is 1. The second-order valence-electron chi connectivity index (χ2n) is 13.8. The number of aryl methyl sites for hydroxylation is 1. The van der Waals surface area contributed by atoms with Crippen LogP contribution in [0.5, 0.6) is 0 Å². The molecule has 0 radical (unpaired) electrons. The molecule has 1 aromatic heterocycles. The highest BCUT2D eigenvalue weighted by Crippen LogP contribution is 2.45. The van der Waals surface area contributed by atoms with Gasteiger partial charge in [-0.25, -0.2) is 4.79 Å². The van der Waals surface area contributed by atoms with E-state index in [1.165, 1.54) is 30.2 Å². The zero-order valence-electron chi connectivity index (χ0n) is 29.9. The molecule has 266 valence electrons. The summed E-state index contributed by atoms with van der Waals surface area (Å²) in [6.07, 6.45) is 4.80. The van der Waals surface area contributed by atoms with Gasteiger partial charge in [-0.15, -0.1) is 23.1 Å². The lowest BCUT2D eigenvalue weighted by Gasteiger charge is -2.33. The smallest absolute Gasteiger partial charge is 0.341 e. The van der Waals surface area contributed by atoms with Gasteiger partial charge in [-0.2, -0.15) is 0 Å². The third kappa shape index (κ3) is 9.56. The van der Waals surface area contributed by atoms with Crippen molar-refractivity contribution in [3.63, 3.8) is 0 Å². The van der Waals surface area contributed by atoms with Crippen LogP contribution in [0.1, 0.15) is 82.8 Å². The molecule has 8 nitrogen and oxygen atoms in total. The van der Waals surface area contributed by atoms with Crippen LogP contribution in [0.3, 0.4) is 0 Å². The lowest BCUT2D eigenvalue weighted by atomic mass is 9.72. The Morgan fingerprint density at radius 2 is 1.73 bits per heavy atom. The van der Waals surface area contributed by atoms with E-state index in [9.17, 15) is 19.2 Å². The van der Waals surface area contributed by atoms with Crippen molar-refractivity contribution in [2.45, 2.75) is 70.4 Å². The number of rotatable bonds is 11. The maximum absolute atomic E-state index is 13.7. The van der Waals surface area contributed by atoms with Crippen LogP contribution in [0, 0.1) is 18.3 Å². The fraction of sp³-hybridized carbons (Fsp3) is 0.317. The zero-order chi connectivity index (χ0) is 36.7. The molecule has 1 aliphatic carbocycles. The Bertz CT molecular complexity index is 1940. The number of ether oxygens (including phenoxy) is 1. The lowest BCUT2D eigenvalue weighted by Crippen LogP contribution is -2.30. The van der Waals surface area contributed by atoms with Crippen LogP contribution in [-0.2, 0) is 27.2 Å². The van der Waals surface area contributed by atoms with E-state index in [0.29, 0.717) is 34.2 Å². The van der Waals surface area contributed by atoms with Crippen molar-refractivity contribution in [1.82, 2.24) is 5.32 Å². The van der Waals surface area contributed by atoms with Crippen molar-refractivity contribution in [1.29, 1.82) is 0 Å². The minimum Gasteiger partial charge on any atom is -0.465 e. The molecular weight excluding hydrogens is 679 g/mol. The van der Waals surface area contributed by atoms with Crippen molar-refractivity contribution < 1.29 is 23.9 Å². The number of benzene rings is 3. The molecule has 51 heavy (non-hydrogen) atoms. The van der Waals surface area contributed by atoms with Crippen LogP contribution < -0.4 is 16.0 Å². The van der Waals surface area contributed by atoms with Gasteiger partial charge in [-0.1, -0.05) is 81.8 Å². The third-order valence-corrected chi connectivity index (χ3v) is 11.6. The minimum atomic E-state index is -0.488. The van der Waals surface area contributed by atoms with Gasteiger partial charge < -0.3 is 20.7 Å². The monoisotopic (exact) mass is 723 g/mol. The number of methoxy groups -OCH3 is 1. The molecular formula is C41H45N3O5S2. The van der Waals surface area contributed by atoms with E-state index < -0.39 is 23.0 Å². The number of thiophene rings is 1. The summed E-state index contributed by atoms with van der Waals surface area (Å²) in [4.78, 5) is 55.3. The molecule has 0 saturated carbocycles. The SMILES string of the molecule is CCC(Sc1cccc(NC(=O)/C(=C\c2cccc(C)c2)NC(=O)c2ccccc2)c1)C(=O)Nc1sc2c(c1C(=O)OC)CCC(C(C)(C)C)C2. The first kappa shape index (κ1) is 37.6. The number of thioether (sulfide) groups is 1. The number of carbonyl (C=O) groups excluding carboxylic acids is 4. The number of hydrogen-bond donors (Lipinski definition) is 3. The highest BCUT2D eigenvalue weighted by molar-refractivity contribution is 8.00. The summed E-state index contributed by atoms with van der Waals surface area (Å²) in [6.45, 7) is 10.6. The van der Waals surface area contributed by atoms with E-state index in [-0.39, 0.29) is 17.0 Å². The molecule has 0 fully saturated rings. The Labute approximate surface area is 308 Å². The Balaban J connectivity index is 1.32. The molecule has 1 aliphatic rings. The van der Waals surface area contributed by atoms with Gasteiger partial charge in [0.05, 0.1) is 17.9 Å².